The number of halogens is 1. The van der Waals surface area contributed by atoms with E-state index in [1.54, 1.807) is 6.07 Å². The molecule has 0 spiro atoms. The zero-order chi connectivity index (χ0) is 11.5. The molecule has 0 unspecified atom stereocenters. The van der Waals surface area contributed by atoms with E-state index in [1.165, 1.54) is 18.5 Å². The number of nitrogens with two attached hydrogens (primary N) is 1. The van der Waals surface area contributed by atoms with Crippen molar-refractivity contribution in [2.45, 2.75) is 0 Å². The van der Waals surface area contributed by atoms with Crippen LogP contribution in [0.4, 0.5) is 11.5 Å². The Morgan fingerprint density at radius 1 is 1.44 bits per heavy atom. The summed E-state index contributed by atoms with van der Waals surface area (Å²) in [7, 11) is 0. The Balaban J connectivity index is 2.15. The van der Waals surface area contributed by atoms with E-state index in [1.807, 2.05) is 0 Å². The minimum absolute atomic E-state index is 0.249. The molecule has 16 heavy (non-hydrogen) atoms. The molecule has 0 radical (unpaired) electrons. The van der Waals surface area contributed by atoms with Gasteiger partial charge in [-0.25, -0.2) is 4.98 Å². The molecule has 0 saturated carbocycles. The fraction of sp³-hybridized carbons (Fsp3) is 0. The van der Waals surface area contributed by atoms with E-state index >= 15 is 0 Å². The second kappa shape index (κ2) is 4.19. The number of hydrogen-bond donors (Lipinski definition) is 3. The molecule has 82 valence electrons. The highest BCUT2D eigenvalue weighted by Crippen LogP contribution is 2.13. The maximum atomic E-state index is 11.7. The molecule has 6 nitrogen and oxygen atoms in total. The molecule has 0 bridgehead atoms. The number of rotatable bonds is 2. The van der Waals surface area contributed by atoms with Crippen LogP contribution in [0.25, 0.3) is 0 Å². The lowest BCUT2D eigenvalue weighted by Crippen LogP contribution is -2.14. The predicted molar refractivity (Wildman–Crippen MR) is 60.2 cm³/mol. The van der Waals surface area contributed by atoms with Crippen LogP contribution in [0.5, 0.6) is 0 Å². The summed E-state index contributed by atoms with van der Waals surface area (Å²) in [6, 6.07) is 3.10. The predicted octanol–water partition coefficient (Wildman–Crippen LogP) is 1.29. The highest BCUT2D eigenvalue weighted by Gasteiger charge is 2.10. The number of anilines is 2. The van der Waals surface area contributed by atoms with Crippen molar-refractivity contribution in [3.63, 3.8) is 0 Å². The third-order valence-electron chi connectivity index (χ3n) is 1.87. The first-order chi connectivity index (χ1) is 7.66. The molecule has 0 fully saturated rings. The van der Waals surface area contributed by atoms with Crippen molar-refractivity contribution in [3.05, 3.63) is 35.2 Å². The molecule has 7 heteroatoms. The minimum atomic E-state index is -0.382. The van der Waals surface area contributed by atoms with E-state index in [-0.39, 0.29) is 11.6 Å². The van der Waals surface area contributed by atoms with Gasteiger partial charge in [-0.05, 0) is 12.1 Å². The van der Waals surface area contributed by atoms with E-state index in [9.17, 15) is 4.79 Å². The van der Waals surface area contributed by atoms with E-state index in [0.717, 1.165) is 0 Å². The molecule has 2 rings (SSSR count). The smallest absolute Gasteiger partial charge is 0.275 e. The van der Waals surface area contributed by atoms with Crippen LogP contribution < -0.4 is 11.1 Å². The number of pyridine rings is 1. The average Bonchev–Trinajstić information content (AvgIpc) is 2.65. The number of aromatic amines is 1. The molecule has 2 heterocycles. The van der Waals surface area contributed by atoms with Crippen LogP contribution in [0.1, 0.15) is 10.5 Å². The normalized spacial score (nSPS) is 10.1. The summed E-state index contributed by atoms with van der Waals surface area (Å²) in [5, 5.41) is 9.24. The van der Waals surface area contributed by atoms with Gasteiger partial charge in [0.25, 0.3) is 5.91 Å². The van der Waals surface area contributed by atoms with Crippen molar-refractivity contribution in [1.29, 1.82) is 0 Å². The molecular weight excluding hydrogens is 230 g/mol. The fourth-order valence-corrected chi connectivity index (χ4v) is 1.20. The van der Waals surface area contributed by atoms with Gasteiger partial charge in [0, 0.05) is 6.20 Å². The quantitative estimate of drug-likeness (QED) is 0.733. The van der Waals surface area contributed by atoms with Crippen LogP contribution in [0.2, 0.25) is 5.02 Å². The molecule has 2 aromatic rings. The lowest BCUT2D eigenvalue weighted by molar-refractivity contribution is 0.102. The number of carbonyl (C=O) groups is 1. The van der Waals surface area contributed by atoms with Gasteiger partial charge in [0.1, 0.15) is 5.69 Å². The first-order valence-corrected chi connectivity index (χ1v) is 4.76. The number of amides is 1. The van der Waals surface area contributed by atoms with Gasteiger partial charge in [0.15, 0.2) is 5.82 Å². The van der Waals surface area contributed by atoms with E-state index in [4.69, 9.17) is 17.3 Å². The molecule has 0 aliphatic heterocycles. The SMILES string of the molecule is Nc1cn[nH]c1NC(=O)c1ccc(Cl)cn1. The van der Waals surface area contributed by atoms with Gasteiger partial charge in [-0.3, -0.25) is 9.89 Å². The van der Waals surface area contributed by atoms with Crippen molar-refractivity contribution in [2.75, 3.05) is 11.1 Å². The van der Waals surface area contributed by atoms with Crippen molar-refractivity contribution < 1.29 is 4.79 Å². The van der Waals surface area contributed by atoms with Crippen LogP contribution in [0.3, 0.4) is 0 Å². The van der Waals surface area contributed by atoms with Crippen LogP contribution >= 0.6 is 11.6 Å². The Hall–Kier alpha value is -2.08. The zero-order valence-electron chi connectivity index (χ0n) is 8.07. The van der Waals surface area contributed by atoms with E-state index < -0.39 is 0 Å². The van der Waals surface area contributed by atoms with E-state index in [0.29, 0.717) is 16.5 Å². The molecule has 4 N–H and O–H groups in total. The zero-order valence-corrected chi connectivity index (χ0v) is 8.82. The standard InChI is InChI=1S/C9H8ClN5O/c10-5-1-2-7(12-3-5)9(16)14-8-6(11)4-13-15-8/h1-4H,11H2,(H2,13,14,15,16). The van der Waals surface area contributed by atoms with Crippen LogP contribution in [0.15, 0.2) is 24.5 Å². The van der Waals surface area contributed by atoms with Gasteiger partial charge in [-0.15, -0.1) is 0 Å². The first kappa shape index (κ1) is 10.4. The molecule has 0 aromatic carbocycles. The first-order valence-electron chi connectivity index (χ1n) is 4.38. The topological polar surface area (TPSA) is 96.7 Å². The highest BCUT2D eigenvalue weighted by atomic mass is 35.5. The van der Waals surface area contributed by atoms with Crippen molar-refractivity contribution in [1.82, 2.24) is 15.2 Å². The van der Waals surface area contributed by atoms with Crippen molar-refractivity contribution >= 4 is 29.0 Å². The minimum Gasteiger partial charge on any atom is -0.394 e. The van der Waals surface area contributed by atoms with Crippen LogP contribution in [-0.4, -0.2) is 21.1 Å². The molecule has 0 aliphatic carbocycles. The summed E-state index contributed by atoms with van der Waals surface area (Å²) in [5.41, 5.74) is 6.15. The molecule has 1 amide bonds. The lowest BCUT2D eigenvalue weighted by Gasteiger charge is -2.02. The summed E-state index contributed by atoms with van der Waals surface area (Å²) in [5.74, 6) is -0.0330. The van der Waals surface area contributed by atoms with Gasteiger partial charge in [-0.2, -0.15) is 5.10 Å². The summed E-state index contributed by atoms with van der Waals surface area (Å²) >= 11 is 5.65. The Morgan fingerprint density at radius 3 is 2.81 bits per heavy atom. The van der Waals surface area contributed by atoms with Gasteiger partial charge in [-0.1, -0.05) is 11.6 Å². The molecule has 0 atom stereocenters. The second-order valence-electron chi connectivity index (χ2n) is 3.02. The molecule has 0 saturated heterocycles. The summed E-state index contributed by atoms with van der Waals surface area (Å²) in [4.78, 5) is 15.5. The molecule has 2 aromatic heterocycles. The number of nitrogen functional groups attached to an aromatic ring is 1. The largest absolute Gasteiger partial charge is 0.394 e. The Bertz CT molecular complexity index is 507. The lowest BCUT2D eigenvalue weighted by atomic mass is 10.3. The highest BCUT2D eigenvalue weighted by molar-refractivity contribution is 6.30. The fourth-order valence-electron chi connectivity index (χ4n) is 1.08. The maximum absolute atomic E-state index is 11.7. The summed E-state index contributed by atoms with van der Waals surface area (Å²) in [6.07, 6.45) is 2.80. The number of H-pyrrole nitrogens is 1. The third kappa shape index (κ3) is 2.12. The van der Waals surface area contributed by atoms with Crippen LogP contribution in [0, 0.1) is 0 Å². The second-order valence-corrected chi connectivity index (χ2v) is 3.45. The van der Waals surface area contributed by atoms with E-state index in [2.05, 4.69) is 20.5 Å². The van der Waals surface area contributed by atoms with Crippen molar-refractivity contribution in [2.24, 2.45) is 0 Å². The Kier molecular flexibility index (Phi) is 2.74. The monoisotopic (exact) mass is 237 g/mol. The van der Waals surface area contributed by atoms with Crippen molar-refractivity contribution in [3.8, 4) is 0 Å². The number of carbonyl (C=O) groups excluding carboxylic acids is 1. The summed E-state index contributed by atoms with van der Waals surface area (Å²) in [6.45, 7) is 0. The maximum Gasteiger partial charge on any atom is 0.275 e. The average molecular weight is 238 g/mol. The van der Waals surface area contributed by atoms with Gasteiger partial charge < -0.3 is 11.1 Å². The molecule has 0 aliphatic rings. The number of nitrogens with zero attached hydrogens (tertiary/aromatic N) is 2. The summed E-state index contributed by atoms with van der Waals surface area (Å²) < 4.78 is 0. The number of aromatic nitrogens is 3. The Morgan fingerprint density at radius 2 is 2.25 bits per heavy atom. The van der Waals surface area contributed by atoms with Gasteiger partial charge in [0.05, 0.1) is 16.9 Å². The number of nitrogens with one attached hydrogen (secondary N) is 2. The molecular formula is C9H8ClN5O. The van der Waals surface area contributed by atoms with Gasteiger partial charge in [0.2, 0.25) is 0 Å². The van der Waals surface area contributed by atoms with Gasteiger partial charge >= 0.3 is 0 Å². The number of hydrogen-bond acceptors (Lipinski definition) is 4. The van der Waals surface area contributed by atoms with Crippen LogP contribution in [-0.2, 0) is 0 Å². The third-order valence-corrected chi connectivity index (χ3v) is 2.09. The Labute approximate surface area is 95.8 Å².